The molecule has 20 heavy (non-hydrogen) atoms. The van der Waals surface area contributed by atoms with Crippen molar-refractivity contribution in [2.24, 2.45) is 0 Å². The predicted molar refractivity (Wildman–Crippen MR) is 91.4 cm³/mol. The van der Waals surface area contributed by atoms with Gasteiger partial charge < -0.3 is 13.3 Å². The Bertz CT molecular complexity index is 222. The summed E-state index contributed by atoms with van der Waals surface area (Å²) in [6.45, 7) is 14.0. The summed E-state index contributed by atoms with van der Waals surface area (Å²) in [5.41, 5.74) is 0. The highest BCUT2D eigenvalue weighted by Crippen LogP contribution is 2.29. The van der Waals surface area contributed by atoms with Crippen LogP contribution < -0.4 is 0 Å². The van der Waals surface area contributed by atoms with E-state index >= 15 is 0 Å². The maximum atomic E-state index is 5.96. The molecule has 0 saturated heterocycles. The molecule has 1 atom stereocenters. The van der Waals surface area contributed by atoms with Crippen molar-refractivity contribution in [3.05, 3.63) is 12.7 Å². The van der Waals surface area contributed by atoms with Gasteiger partial charge in [-0.1, -0.05) is 25.8 Å². The van der Waals surface area contributed by atoms with Crippen LogP contribution in [0.5, 0.6) is 0 Å². The van der Waals surface area contributed by atoms with Gasteiger partial charge >= 0.3 is 8.80 Å². The zero-order valence-electron chi connectivity index (χ0n) is 13.7. The fraction of sp³-hybridized carbons (Fsp3) is 0.867. The van der Waals surface area contributed by atoms with E-state index in [1.807, 2.05) is 38.6 Å². The van der Waals surface area contributed by atoms with Crippen molar-refractivity contribution in [1.29, 1.82) is 0 Å². The molecule has 0 radical (unpaired) electrons. The average molecular weight is 321 g/mol. The Kier molecular flexibility index (Phi) is 13.0. The van der Waals surface area contributed by atoms with Crippen LogP contribution in [0.2, 0.25) is 6.04 Å². The Morgan fingerprint density at radius 3 is 2.00 bits per heavy atom. The fourth-order valence-corrected chi connectivity index (χ4v) is 6.63. The van der Waals surface area contributed by atoms with Crippen molar-refractivity contribution in [2.75, 3.05) is 25.6 Å². The lowest BCUT2D eigenvalue weighted by Gasteiger charge is -2.31. The van der Waals surface area contributed by atoms with Crippen LogP contribution in [-0.4, -0.2) is 39.6 Å². The lowest BCUT2D eigenvalue weighted by atomic mass is 10.2. The number of thioether (sulfide) groups is 1. The molecule has 1 unspecified atom stereocenters. The molecule has 0 bridgehead atoms. The fourth-order valence-electron chi connectivity index (χ4n) is 2.12. The second-order valence-corrected chi connectivity index (χ2v) is 8.55. The normalized spacial score (nSPS) is 13.4. The molecule has 3 nitrogen and oxygen atoms in total. The van der Waals surface area contributed by atoms with Crippen LogP contribution in [0.15, 0.2) is 12.7 Å². The molecule has 0 aromatic rings. The molecule has 0 aromatic heterocycles. The van der Waals surface area contributed by atoms with Crippen LogP contribution in [0.3, 0.4) is 0 Å². The van der Waals surface area contributed by atoms with Gasteiger partial charge in [0.25, 0.3) is 0 Å². The molecule has 0 saturated carbocycles. The average Bonchev–Trinajstić information content (AvgIpc) is 2.42. The van der Waals surface area contributed by atoms with Crippen LogP contribution in [-0.2, 0) is 13.3 Å². The van der Waals surface area contributed by atoms with E-state index < -0.39 is 8.80 Å². The highest BCUT2D eigenvalue weighted by molar-refractivity contribution is 8.00. The number of hydrogen-bond donors (Lipinski definition) is 0. The number of hydrogen-bond acceptors (Lipinski definition) is 4. The minimum Gasteiger partial charge on any atom is -0.374 e. The van der Waals surface area contributed by atoms with Crippen molar-refractivity contribution < 1.29 is 13.3 Å². The SMILES string of the molecule is C=CCSC(CCCC)C[Si](OCC)(OCC)OCC. The highest BCUT2D eigenvalue weighted by atomic mass is 32.2. The third-order valence-corrected chi connectivity index (χ3v) is 7.68. The minimum absolute atomic E-state index is 0.532. The monoisotopic (exact) mass is 320 g/mol. The summed E-state index contributed by atoms with van der Waals surface area (Å²) in [6.07, 6.45) is 5.62. The van der Waals surface area contributed by atoms with Gasteiger partial charge in [-0.25, -0.2) is 0 Å². The molecular weight excluding hydrogens is 288 g/mol. The summed E-state index contributed by atoms with van der Waals surface area (Å²) in [6, 6.07) is 0.904. The molecule has 0 heterocycles. The molecule has 0 aliphatic rings. The second kappa shape index (κ2) is 12.9. The van der Waals surface area contributed by atoms with E-state index in [0.29, 0.717) is 25.1 Å². The maximum absolute atomic E-state index is 5.96. The topological polar surface area (TPSA) is 27.7 Å². The van der Waals surface area contributed by atoms with Crippen molar-refractivity contribution in [1.82, 2.24) is 0 Å². The molecule has 0 amide bonds. The van der Waals surface area contributed by atoms with Crippen LogP contribution in [0.1, 0.15) is 47.0 Å². The zero-order valence-corrected chi connectivity index (χ0v) is 15.5. The molecule has 0 rings (SSSR count). The molecule has 0 aromatic carbocycles. The summed E-state index contributed by atoms with van der Waals surface area (Å²) in [7, 11) is -2.51. The summed E-state index contributed by atoms with van der Waals surface area (Å²) >= 11 is 1.94. The molecule has 0 fully saturated rings. The Morgan fingerprint density at radius 2 is 1.60 bits per heavy atom. The Balaban J connectivity index is 4.75. The van der Waals surface area contributed by atoms with E-state index in [9.17, 15) is 0 Å². The van der Waals surface area contributed by atoms with E-state index in [1.54, 1.807) is 0 Å². The van der Waals surface area contributed by atoms with E-state index in [1.165, 1.54) is 19.3 Å². The van der Waals surface area contributed by atoms with Gasteiger partial charge in [-0.05, 0) is 27.2 Å². The van der Waals surface area contributed by atoms with Gasteiger partial charge in [0.15, 0.2) is 0 Å². The molecule has 0 aliphatic carbocycles. The molecule has 5 heteroatoms. The molecule has 120 valence electrons. The smallest absolute Gasteiger partial charge is 0.374 e. The molecular formula is C15H32O3SSi. The van der Waals surface area contributed by atoms with E-state index in [0.717, 1.165) is 11.8 Å². The maximum Gasteiger partial charge on any atom is 0.502 e. The van der Waals surface area contributed by atoms with E-state index in [-0.39, 0.29) is 0 Å². The van der Waals surface area contributed by atoms with Gasteiger partial charge in [0.2, 0.25) is 0 Å². The Hall–Kier alpha value is 0.187. The summed E-state index contributed by atoms with van der Waals surface area (Å²) < 4.78 is 17.9. The van der Waals surface area contributed by atoms with E-state index in [2.05, 4.69) is 13.5 Å². The van der Waals surface area contributed by atoms with Gasteiger partial charge in [0, 0.05) is 36.9 Å². The van der Waals surface area contributed by atoms with Crippen molar-refractivity contribution >= 4 is 20.6 Å². The highest BCUT2D eigenvalue weighted by Gasteiger charge is 2.42. The third-order valence-electron chi connectivity index (χ3n) is 2.90. The summed E-state index contributed by atoms with van der Waals surface area (Å²) in [5.74, 6) is 0.975. The first-order chi connectivity index (χ1) is 9.67. The summed E-state index contributed by atoms with van der Waals surface area (Å²) in [5, 5.41) is 0.532. The molecule has 0 N–H and O–H groups in total. The first kappa shape index (κ1) is 20.2. The molecule has 0 spiro atoms. The van der Waals surface area contributed by atoms with Gasteiger partial charge in [0.1, 0.15) is 0 Å². The lowest BCUT2D eigenvalue weighted by Crippen LogP contribution is -2.48. The van der Waals surface area contributed by atoms with Crippen molar-refractivity contribution in [3.63, 3.8) is 0 Å². The number of rotatable bonds is 14. The van der Waals surface area contributed by atoms with E-state index in [4.69, 9.17) is 13.3 Å². The predicted octanol–water partition coefficient (Wildman–Crippen LogP) is 4.51. The van der Waals surface area contributed by atoms with Crippen molar-refractivity contribution in [2.45, 2.75) is 58.3 Å². The quantitative estimate of drug-likeness (QED) is 0.347. The molecule has 0 aliphatic heterocycles. The first-order valence-corrected chi connectivity index (χ1v) is 10.8. The van der Waals surface area contributed by atoms with Crippen LogP contribution in [0.4, 0.5) is 0 Å². The second-order valence-electron chi connectivity index (χ2n) is 4.57. The van der Waals surface area contributed by atoms with Crippen LogP contribution >= 0.6 is 11.8 Å². The van der Waals surface area contributed by atoms with Gasteiger partial charge in [0.05, 0.1) is 0 Å². The van der Waals surface area contributed by atoms with Gasteiger partial charge in [-0.15, -0.1) is 6.58 Å². The number of unbranched alkanes of at least 4 members (excludes halogenated alkanes) is 1. The standard InChI is InChI=1S/C15H32O3SSi/c1-6-11-12-15(19-13-7-2)14-20(16-8-3,17-9-4)18-10-5/h7,15H,2,6,8-14H2,1,3-5H3. The summed E-state index contributed by atoms with van der Waals surface area (Å²) in [4.78, 5) is 0. The first-order valence-electron chi connectivity index (χ1n) is 7.82. The zero-order chi connectivity index (χ0) is 15.3. The largest absolute Gasteiger partial charge is 0.502 e. The Labute approximate surface area is 130 Å². The van der Waals surface area contributed by atoms with Crippen molar-refractivity contribution in [3.8, 4) is 0 Å². The third kappa shape index (κ3) is 8.47. The van der Waals surface area contributed by atoms with Crippen LogP contribution in [0.25, 0.3) is 0 Å². The van der Waals surface area contributed by atoms with Gasteiger partial charge in [-0.2, -0.15) is 11.8 Å². The minimum atomic E-state index is -2.51. The van der Waals surface area contributed by atoms with Crippen LogP contribution in [0, 0.1) is 0 Å². The Morgan fingerprint density at radius 1 is 1.05 bits per heavy atom. The van der Waals surface area contributed by atoms with Gasteiger partial charge in [-0.3, -0.25) is 0 Å². The lowest BCUT2D eigenvalue weighted by molar-refractivity contribution is 0.0711.